The van der Waals surface area contributed by atoms with Crippen LogP contribution >= 0.6 is 0 Å². The number of aliphatic hydroxyl groups is 1. The molecule has 2 bridgehead atoms. The molecule has 6 atom stereocenters. The minimum Gasteiger partial charge on any atom is -0.746 e. The number of alkyl carbamates (subject to hydrolysis) is 1. The zero-order valence-electron chi connectivity index (χ0n) is 23.9. The van der Waals surface area contributed by atoms with Crippen molar-refractivity contribution in [3.05, 3.63) is 0 Å². The monoisotopic (exact) mass is 555 g/mol. The van der Waals surface area contributed by atoms with E-state index in [1.54, 1.807) is 13.8 Å². The number of amides is 3. The Morgan fingerprint density at radius 2 is 1.84 bits per heavy atom. The summed E-state index contributed by atoms with van der Waals surface area (Å²) in [6.45, 7) is 1.68. The summed E-state index contributed by atoms with van der Waals surface area (Å²) in [5.41, 5.74) is -2.49. The number of rotatable bonds is 11. The van der Waals surface area contributed by atoms with E-state index in [0.29, 0.717) is 37.6 Å². The van der Waals surface area contributed by atoms with Crippen LogP contribution in [0.4, 0.5) is 4.79 Å². The van der Waals surface area contributed by atoms with E-state index in [9.17, 15) is 32.5 Å². The molecule has 3 rings (SSSR count). The van der Waals surface area contributed by atoms with Crippen molar-refractivity contribution >= 4 is 28.0 Å². The summed E-state index contributed by atoms with van der Waals surface area (Å²) in [7, 11) is -5.22. The normalized spacial score (nSPS) is 29.1. The molecule has 0 radical (unpaired) electrons. The minimum atomic E-state index is -5.22. The third-order valence-corrected chi connectivity index (χ3v) is 8.35. The second-order valence-corrected chi connectivity index (χ2v) is 12.4. The maximum atomic E-state index is 13.1. The molecule has 1 saturated heterocycles. The van der Waals surface area contributed by atoms with E-state index < -0.39 is 58.0 Å². The van der Waals surface area contributed by atoms with E-state index in [0.717, 1.165) is 25.7 Å². The van der Waals surface area contributed by atoms with Gasteiger partial charge in [0.15, 0.2) is 5.44 Å². The number of carbonyl (C=O) groups is 3. The van der Waals surface area contributed by atoms with Gasteiger partial charge < -0.3 is 30.3 Å². The van der Waals surface area contributed by atoms with E-state index >= 15 is 0 Å². The molecule has 0 aromatic carbocycles. The molecular formula is C24H40N3NaO8S. The Balaban J connectivity index is 0.00000533. The van der Waals surface area contributed by atoms with Crippen LogP contribution in [0.25, 0.3) is 0 Å². The Morgan fingerprint density at radius 3 is 2.38 bits per heavy atom. The average molecular weight is 556 g/mol. The Bertz CT molecular complexity index is 974. The summed E-state index contributed by atoms with van der Waals surface area (Å²) in [6.07, 6.45) is 4.57. The van der Waals surface area contributed by atoms with Crippen molar-refractivity contribution in [2.75, 3.05) is 13.1 Å². The van der Waals surface area contributed by atoms with E-state index in [4.69, 9.17) is 7.48 Å². The molecule has 11 nitrogen and oxygen atoms in total. The van der Waals surface area contributed by atoms with Crippen LogP contribution in [0.3, 0.4) is 0 Å². The number of aliphatic hydroxyl groups excluding tert-OH is 1. The summed E-state index contributed by atoms with van der Waals surface area (Å²) in [4.78, 5) is 37.8. The molecule has 4 N–H and O–H groups in total. The second-order valence-electron chi connectivity index (χ2n) is 10.9. The number of hydrogen-bond donors (Lipinski definition) is 4. The van der Waals surface area contributed by atoms with Crippen LogP contribution < -0.4 is 45.5 Å². The van der Waals surface area contributed by atoms with Crippen LogP contribution in [0.2, 0.25) is 0 Å². The number of ether oxygens (including phenoxy) is 1. The number of nitrogens with one attached hydrogen (secondary N) is 3. The number of hydrogen-bond acceptors (Lipinski definition) is 8. The molecule has 0 aromatic rings. The van der Waals surface area contributed by atoms with Crippen molar-refractivity contribution in [3.63, 3.8) is 0 Å². The van der Waals surface area contributed by atoms with Gasteiger partial charge in [-0.2, -0.15) is 0 Å². The molecule has 0 aromatic heterocycles. The van der Waals surface area contributed by atoms with Gasteiger partial charge in [-0.05, 0) is 62.2 Å². The molecule has 0 spiro atoms. The first kappa shape index (κ1) is 29.1. The summed E-state index contributed by atoms with van der Waals surface area (Å²) in [6, 6.07) is -2.84. The van der Waals surface area contributed by atoms with Crippen molar-refractivity contribution < 1.29 is 69.5 Å². The zero-order chi connectivity index (χ0) is 28.3. The van der Waals surface area contributed by atoms with Crippen molar-refractivity contribution in [2.45, 2.75) is 89.2 Å². The van der Waals surface area contributed by atoms with Gasteiger partial charge in [0.25, 0.3) is 0 Å². The predicted octanol–water partition coefficient (Wildman–Crippen LogP) is -1.78. The fourth-order valence-electron chi connectivity index (χ4n) is 5.75. The maximum absolute atomic E-state index is 13.1. The minimum absolute atomic E-state index is 0. The molecule has 3 unspecified atom stereocenters. The van der Waals surface area contributed by atoms with E-state index in [1.165, 1.54) is 0 Å². The molecule has 3 aliphatic rings. The summed E-state index contributed by atoms with van der Waals surface area (Å²) in [5.74, 6) is -1.71. The van der Waals surface area contributed by atoms with Gasteiger partial charge in [0, 0.05) is 12.5 Å². The summed E-state index contributed by atoms with van der Waals surface area (Å²) < 4.78 is 56.6. The standard InChI is InChI=1S/C24H41N3O8S.Na/c1-14(2)8-19(27-24(31)35-13-17-10-15-4-3-5-16(9-15)11-17)22(29)26-20(23(30)36(32,33)34)12-18-6-7-25-21(18)28;/h14-20,23,30H,3-13H2,1-2H3,(H,25,28)(H,26,29)(H,27,31)(H,32,33,34);/q;+1/p-1/t15?,16?,17?,18-,19+,20+,23?;/m1./s1/i13D2;. The maximum Gasteiger partial charge on any atom is 1.00 e. The molecule has 1 heterocycles. The van der Waals surface area contributed by atoms with E-state index in [-0.39, 0.29) is 54.2 Å². The molecular weight excluding hydrogens is 513 g/mol. The van der Waals surface area contributed by atoms with Crippen molar-refractivity contribution in [2.24, 2.45) is 29.6 Å². The van der Waals surface area contributed by atoms with Gasteiger partial charge in [-0.3, -0.25) is 9.59 Å². The summed E-state index contributed by atoms with van der Waals surface area (Å²) in [5, 5.41) is 17.4. The Hall–Kier alpha value is -0.920. The third kappa shape index (κ3) is 9.96. The van der Waals surface area contributed by atoms with Crippen LogP contribution in [-0.4, -0.2) is 66.6 Å². The van der Waals surface area contributed by atoms with Gasteiger partial charge in [0.05, 0.1) is 15.3 Å². The summed E-state index contributed by atoms with van der Waals surface area (Å²) >= 11 is 0. The zero-order valence-corrected chi connectivity index (χ0v) is 24.7. The van der Waals surface area contributed by atoms with Crippen LogP contribution in [0.1, 0.15) is 74.4 Å². The second kappa shape index (κ2) is 14.5. The molecule has 2 saturated carbocycles. The Labute approximate surface area is 244 Å². The van der Waals surface area contributed by atoms with Gasteiger partial charge in [-0.1, -0.05) is 33.1 Å². The molecule has 13 heteroatoms. The van der Waals surface area contributed by atoms with Gasteiger partial charge in [0.2, 0.25) is 11.8 Å². The van der Waals surface area contributed by atoms with Crippen LogP contribution in [0.5, 0.6) is 0 Å². The van der Waals surface area contributed by atoms with Crippen molar-refractivity contribution in [3.8, 4) is 0 Å². The molecule has 3 fully saturated rings. The SMILES string of the molecule is [2H]C([2H])(OC(=O)N[C@@H](CC(C)C)C(=O)N[C@@H](C[C@H]1CCNC1=O)C(O)S(=O)(=O)[O-])C1CC2CCCC(C2)C1.[Na+]. The van der Waals surface area contributed by atoms with E-state index in [1.807, 2.05) is 0 Å². The molecule has 2 aliphatic carbocycles. The number of carbonyl (C=O) groups excluding carboxylic acids is 3. The average Bonchev–Trinajstić information content (AvgIpc) is 3.20. The smallest absolute Gasteiger partial charge is 0.746 e. The largest absolute Gasteiger partial charge is 1.00 e. The van der Waals surface area contributed by atoms with Gasteiger partial charge in [0.1, 0.15) is 16.2 Å². The first-order valence-corrected chi connectivity index (χ1v) is 14.3. The predicted molar refractivity (Wildman–Crippen MR) is 129 cm³/mol. The van der Waals surface area contributed by atoms with Crippen molar-refractivity contribution in [1.29, 1.82) is 0 Å². The Kier molecular flexibility index (Phi) is 11.4. The van der Waals surface area contributed by atoms with Crippen molar-refractivity contribution in [1.82, 2.24) is 16.0 Å². The number of fused-ring (bicyclic) bond motifs is 2. The molecule has 1 aliphatic heterocycles. The van der Waals surface area contributed by atoms with Gasteiger partial charge in [-0.25, -0.2) is 13.2 Å². The third-order valence-electron chi connectivity index (χ3n) is 7.43. The topological polar surface area (TPSA) is 174 Å². The van der Waals surface area contributed by atoms with Crippen LogP contribution in [0.15, 0.2) is 0 Å². The van der Waals surface area contributed by atoms with Crippen LogP contribution in [-0.2, 0) is 24.4 Å². The van der Waals surface area contributed by atoms with E-state index in [2.05, 4.69) is 16.0 Å². The molecule has 206 valence electrons. The molecule has 3 amide bonds. The Morgan fingerprint density at radius 1 is 1.19 bits per heavy atom. The molecule has 37 heavy (non-hydrogen) atoms. The van der Waals surface area contributed by atoms with Crippen LogP contribution in [0, 0.1) is 29.6 Å². The quantitative estimate of drug-likeness (QED) is 0.171. The first-order valence-electron chi connectivity index (χ1n) is 13.9. The fraction of sp³-hybridized carbons (Fsp3) is 0.875. The van der Waals surface area contributed by atoms with Gasteiger partial charge in [-0.15, -0.1) is 0 Å². The first-order chi connectivity index (χ1) is 17.7. The van der Waals surface area contributed by atoms with Gasteiger partial charge >= 0.3 is 35.7 Å². The fourth-order valence-corrected chi connectivity index (χ4v) is 6.33.